The minimum Gasteiger partial charge on any atom is -0.481 e. The van der Waals surface area contributed by atoms with Crippen LogP contribution in [0, 0.1) is 23.2 Å². The van der Waals surface area contributed by atoms with Crippen molar-refractivity contribution in [2.45, 2.75) is 52.2 Å². The molecule has 1 fully saturated rings. The quantitative estimate of drug-likeness (QED) is 0.555. The number of carbonyl (C=O) groups excluding carboxylic acids is 1. The van der Waals surface area contributed by atoms with Crippen molar-refractivity contribution in [3.63, 3.8) is 0 Å². The summed E-state index contributed by atoms with van der Waals surface area (Å²) in [4.78, 5) is 12.1. The van der Waals surface area contributed by atoms with Gasteiger partial charge in [0.1, 0.15) is 5.75 Å². The van der Waals surface area contributed by atoms with Gasteiger partial charge in [0.15, 0.2) is 11.2 Å². The van der Waals surface area contributed by atoms with E-state index in [2.05, 4.69) is 30.0 Å². The number of nitriles is 1. The van der Waals surface area contributed by atoms with E-state index in [0.717, 1.165) is 6.42 Å². The van der Waals surface area contributed by atoms with Crippen molar-refractivity contribution in [2.75, 3.05) is 0 Å². The van der Waals surface area contributed by atoms with Gasteiger partial charge in [-0.15, -0.1) is 0 Å². The molecular weight excluding hydrogens is 348 g/mol. The van der Waals surface area contributed by atoms with E-state index < -0.39 is 6.10 Å². The average molecular weight is 375 g/mol. The molecule has 6 nitrogen and oxygen atoms in total. The second-order valence-corrected chi connectivity index (χ2v) is 7.27. The molecule has 0 bridgehead atoms. The Balaban J connectivity index is 1.76. The lowest BCUT2D eigenvalue weighted by atomic mass is 9.78. The first-order valence-electron chi connectivity index (χ1n) is 8.94. The Kier molecular flexibility index (Phi) is 7.22. The van der Waals surface area contributed by atoms with Gasteiger partial charge in [-0.05, 0) is 61.7 Å². The van der Waals surface area contributed by atoms with E-state index in [4.69, 9.17) is 22.2 Å². The van der Waals surface area contributed by atoms with Crippen molar-refractivity contribution < 1.29 is 9.53 Å². The summed E-state index contributed by atoms with van der Waals surface area (Å²) in [5.74, 6) is 1.40. The largest absolute Gasteiger partial charge is 0.481 e. The number of benzene rings is 1. The normalized spacial score (nSPS) is 23.2. The fourth-order valence-electron chi connectivity index (χ4n) is 3.08. The van der Waals surface area contributed by atoms with Gasteiger partial charge in [0, 0.05) is 6.04 Å². The maximum Gasteiger partial charge on any atom is 0.279 e. The van der Waals surface area contributed by atoms with Gasteiger partial charge in [0.25, 0.3) is 5.91 Å². The van der Waals surface area contributed by atoms with Gasteiger partial charge in [-0.25, -0.2) is 0 Å². The summed E-state index contributed by atoms with van der Waals surface area (Å²) in [6.45, 7) is 6.14. The molecule has 0 radical (unpaired) electrons. The fraction of sp³-hybridized carbons (Fsp3) is 0.526. The van der Waals surface area contributed by atoms with E-state index in [1.54, 1.807) is 31.2 Å². The van der Waals surface area contributed by atoms with E-state index in [1.807, 2.05) is 6.07 Å². The van der Waals surface area contributed by atoms with Gasteiger partial charge in [-0.3, -0.25) is 15.6 Å². The molecule has 2 rings (SSSR count). The van der Waals surface area contributed by atoms with Gasteiger partial charge >= 0.3 is 0 Å². The van der Waals surface area contributed by atoms with Crippen molar-refractivity contribution >= 4 is 23.2 Å². The second kappa shape index (κ2) is 9.39. The summed E-state index contributed by atoms with van der Waals surface area (Å²) in [5, 5.41) is 12.5. The van der Waals surface area contributed by atoms with Gasteiger partial charge in [-0.2, -0.15) is 5.26 Å². The van der Waals surface area contributed by atoms with E-state index in [0.29, 0.717) is 34.3 Å². The molecule has 0 spiro atoms. The maximum atomic E-state index is 12.1. The lowest BCUT2D eigenvalue weighted by molar-refractivity contribution is -0.127. The number of nitrogens with zero attached hydrogens (tertiary/aromatic N) is 1. The predicted molar refractivity (Wildman–Crippen MR) is 104 cm³/mol. The SMILES string of the molecule is C[C@@H]1[C@H](C)CCC[C@H]1NC(=S)NNC(=O)[C@@H](C)Oc1ccc(C#N)cc1. The van der Waals surface area contributed by atoms with Crippen molar-refractivity contribution in [1.29, 1.82) is 5.26 Å². The zero-order valence-corrected chi connectivity index (χ0v) is 16.2. The summed E-state index contributed by atoms with van der Waals surface area (Å²) in [6.07, 6.45) is 2.82. The molecule has 0 saturated heterocycles. The van der Waals surface area contributed by atoms with Crippen molar-refractivity contribution in [1.82, 2.24) is 16.2 Å². The third kappa shape index (κ3) is 5.60. The molecule has 140 valence electrons. The molecule has 0 aromatic heterocycles. The van der Waals surface area contributed by atoms with E-state index in [1.165, 1.54) is 12.8 Å². The Morgan fingerprint density at radius 1 is 1.27 bits per heavy atom. The number of hydrogen-bond acceptors (Lipinski definition) is 4. The van der Waals surface area contributed by atoms with E-state index in [-0.39, 0.29) is 5.91 Å². The van der Waals surface area contributed by atoms with Crippen molar-refractivity contribution in [3.05, 3.63) is 29.8 Å². The number of hydrogen-bond donors (Lipinski definition) is 3. The number of nitrogens with one attached hydrogen (secondary N) is 3. The van der Waals surface area contributed by atoms with Crippen LogP contribution in [0.5, 0.6) is 5.75 Å². The first kappa shape index (κ1) is 20.0. The average Bonchev–Trinajstić information content (AvgIpc) is 2.64. The molecule has 26 heavy (non-hydrogen) atoms. The van der Waals surface area contributed by atoms with Crippen LogP contribution in [-0.4, -0.2) is 23.2 Å². The van der Waals surface area contributed by atoms with Crippen LogP contribution in [0.3, 0.4) is 0 Å². The predicted octanol–water partition coefficient (Wildman–Crippen LogP) is 2.65. The molecule has 1 aromatic rings. The Morgan fingerprint density at radius 3 is 2.62 bits per heavy atom. The zero-order valence-electron chi connectivity index (χ0n) is 15.4. The Bertz CT molecular complexity index is 671. The minimum atomic E-state index is -0.702. The molecule has 0 unspecified atom stereocenters. The lowest BCUT2D eigenvalue weighted by Gasteiger charge is -2.35. The molecule has 0 heterocycles. The molecule has 1 amide bonds. The molecule has 1 aliphatic rings. The molecule has 0 aliphatic heterocycles. The smallest absolute Gasteiger partial charge is 0.279 e. The fourth-order valence-corrected chi connectivity index (χ4v) is 3.28. The van der Waals surface area contributed by atoms with Crippen LogP contribution < -0.4 is 20.9 Å². The van der Waals surface area contributed by atoms with Crippen LogP contribution in [0.4, 0.5) is 0 Å². The zero-order chi connectivity index (χ0) is 19.1. The molecule has 1 aromatic carbocycles. The molecule has 1 saturated carbocycles. The van der Waals surface area contributed by atoms with Crippen LogP contribution in [0.1, 0.15) is 45.6 Å². The van der Waals surface area contributed by atoms with Crippen LogP contribution >= 0.6 is 12.2 Å². The van der Waals surface area contributed by atoms with E-state index in [9.17, 15) is 4.79 Å². The first-order valence-corrected chi connectivity index (χ1v) is 9.34. The molecule has 3 N–H and O–H groups in total. The Labute approximate surface area is 160 Å². The summed E-state index contributed by atoms with van der Waals surface area (Å²) in [5.41, 5.74) is 5.86. The van der Waals surface area contributed by atoms with Gasteiger partial charge < -0.3 is 10.1 Å². The van der Waals surface area contributed by atoms with Gasteiger partial charge in [0.05, 0.1) is 11.6 Å². The highest BCUT2D eigenvalue weighted by Crippen LogP contribution is 2.29. The molecule has 4 atom stereocenters. The molecular formula is C19H26N4O2S. The number of carbonyl (C=O) groups is 1. The van der Waals surface area contributed by atoms with Gasteiger partial charge in [0.2, 0.25) is 0 Å². The third-order valence-corrected chi connectivity index (χ3v) is 5.21. The standard InChI is InChI=1S/C19H26N4O2S/c1-12-5-4-6-17(13(12)2)21-19(26)23-22-18(24)14(3)25-16-9-7-15(11-20)8-10-16/h7-10,12-14,17H,4-6H2,1-3H3,(H,22,24)(H2,21,23,26)/t12-,13-,14-,17-/m1/s1. The summed E-state index contributed by atoms with van der Waals surface area (Å²) in [7, 11) is 0. The summed E-state index contributed by atoms with van der Waals surface area (Å²) in [6, 6.07) is 8.96. The van der Waals surface area contributed by atoms with Crippen LogP contribution in [0.2, 0.25) is 0 Å². The van der Waals surface area contributed by atoms with E-state index >= 15 is 0 Å². The van der Waals surface area contributed by atoms with Crippen LogP contribution in [0.25, 0.3) is 0 Å². The summed E-state index contributed by atoms with van der Waals surface area (Å²) < 4.78 is 5.56. The monoisotopic (exact) mass is 374 g/mol. The Hall–Kier alpha value is -2.33. The second-order valence-electron chi connectivity index (χ2n) is 6.86. The number of hydrazine groups is 1. The summed E-state index contributed by atoms with van der Waals surface area (Å²) >= 11 is 5.28. The number of ether oxygens (including phenoxy) is 1. The van der Waals surface area contributed by atoms with Crippen molar-refractivity contribution in [3.8, 4) is 11.8 Å². The highest BCUT2D eigenvalue weighted by molar-refractivity contribution is 7.80. The van der Waals surface area contributed by atoms with Gasteiger partial charge in [-0.1, -0.05) is 26.7 Å². The highest BCUT2D eigenvalue weighted by atomic mass is 32.1. The van der Waals surface area contributed by atoms with Crippen molar-refractivity contribution in [2.24, 2.45) is 11.8 Å². The van der Waals surface area contributed by atoms with Crippen LogP contribution in [0.15, 0.2) is 24.3 Å². The lowest BCUT2D eigenvalue weighted by Crippen LogP contribution is -2.54. The minimum absolute atomic E-state index is 0.322. The van der Waals surface area contributed by atoms with Crippen LogP contribution in [-0.2, 0) is 4.79 Å². The number of thiocarbonyl (C=S) groups is 1. The highest BCUT2D eigenvalue weighted by Gasteiger charge is 2.27. The molecule has 1 aliphatic carbocycles. The number of rotatable bonds is 4. The molecule has 7 heteroatoms. The number of amides is 1. The topological polar surface area (TPSA) is 86.2 Å². The maximum absolute atomic E-state index is 12.1. The third-order valence-electron chi connectivity index (χ3n) is 4.99. The first-order chi connectivity index (χ1) is 12.4. The Morgan fingerprint density at radius 2 is 1.96 bits per heavy atom.